The third kappa shape index (κ3) is 4.12. The molecule has 0 saturated heterocycles. The van der Waals surface area contributed by atoms with E-state index < -0.39 is 0 Å². The molecule has 1 atom stereocenters. The second kappa shape index (κ2) is 6.89. The Balaban J connectivity index is 2.24. The lowest BCUT2D eigenvalue weighted by Gasteiger charge is -2.32. The lowest BCUT2D eigenvalue weighted by molar-refractivity contribution is -0.132. The van der Waals surface area contributed by atoms with Gasteiger partial charge in [0.05, 0.1) is 0 Å². The Morgan fingerprint density at radius 3 is 2.62 bits per heavy atom. The molecule has 16 heavy (non-hydrogen) atoms. The normalized spacial score (nSPS) is 17.9. The predicted octanol–water partition coefficient (Wildman–Crippen LogP) is 2.01. The first-order valence-electron chi connectivity index (χ1n) is 6.65. The lowest BCUT2D eigenvalue weighted by Crippen LogP contribution is -2.37. The number of carbonyl (C=O) groups is 1. The summed E-state index contributed by atoms with van der Waals surface area (Å²) >= 11 is 0. The van der Waals surface area contributed by atoms with Crippen molar-refractivity contribution >= 4 is 5.91 Å². The molecule has 3 nitrogen and oxygen atoms in total. The first kappa shape index (κ1) is 13.5. The van der Waals surface area contributed by atoms with Gasteiger partial charge < -0.3 is 10.6 Å². The highest BCUT2D eigenvalue weighted by molar-refractivity contribution is 5.76. The van der Waals surface area contributed by atoms with Crippen LogP contribution < -0.4 is 5.73 Å². The summed E-state index contributed by atoms with van der Waals surface area (Å²) in [6.45, 7) is 6.69. The average molecular weight is 226 g/mol. The molecule has 0 aromatic carbocycles. The summed E-state index contributed by atoms with van der Waals surface area (Å²) in [4.78, 5) is 14.0. The van der Waals surface area contributed by atoms with Crippen LogP contribution >= 0.6 is 0 Å². The number of carbonyl (C=O) groups excluding carboxylic acids is 1. The molecule has 94 valence electrons. The zero-order valence-corrected chi connectivity index (χ0v) is 10.7. The van der Waals surface area contributed by atoms with Crippen molar-refractivity contribution in [1.82, 2.24) is 4.90 Å². The van der Waals surface area contributed by atoms with E-state index in [4.69, 9.17) is 5.73 Å². The van der Waals surface area contributed by atoms with Crippen LogP contribution in [0.1, 0.15) is 46.0 Å². The molecule has 1 fully saturated rings. The van der Waals surface area contributed by atoms with Gasteiger partial charge in [-0.15, -0.1) is 0 Å². The Labute approximate surface area is 99.4 Å². The third-order valence-corrected chi connectivity index (χ3v) is 3.69. The van der Waals surface area contributed by atoms with Gasteiger partial charge in [0.25, 0.3) is 0 Å². The maximum Gasteiger partial charge on any atom is 0.222 e. The van der Waals surface area contributed by atoms with Crippen LogP contribution in [0.3, 0.4) is 0 Å². The summed E-state index contributed by atoms with van der Waals surface area (Å²) in [6.07, 6.45) is 5.56. The standard InChI is InChI=1S/C13H26N2O/c1-3-15(10-12-5-4-6-12)13(16)8-7-11(2)9-14/h11-12H,3-10,14H2,1-2H3. The van der Waals surface area contributed by atoms with Crippen molar-refractivity contribution in [3.8, 4) is 0 Å². The van der Waals surface area contributed by atoms with E-state index in [-0.39, 0.29) is 0 Å². The first-order valence-corrected chi connectivity index (χ1v) is 6.65. The van der Waals surface area contributed by atoms with E-state index in [9.17, 15) is 4.79 Å². The van der Waals surface area contributed by atoms with Crippen molar-refractivity contribution in [3.63, 3.8) is 0 Å². The molecule has 1 amide bonds. The average Bonchev–Trinajstić information content (AvgIpc) is 2.24. The van der Waals surface area contributed by atoms with Crippen LogP contribution in [0.2, 0.25) is 0 Å². The molecule has 1 aliphatic carbocycles. The highest BCUT2D eigenvalue weighted by atomic mass is 16.2. The van der Waals surface area contributed by atoms with Gasteiger partial charge in [-0.05, 0) is 44.6 Å². The highest BCUT2D eigenvalue weighted by Gasteiger charge is 2.22. The molecule has 1 rings (SSSR count). The quantitative estimate of drug-likeness (QED) is 0.722. The number of nitrogens with zero attached hydrogens (tertiary/aromatic N) is 1. The lowest BCUT2D eigenvalue weighted by atomic mass is 9.85. The zero-order valence-electron chi connectivity index (χ0n) is 10.7. The molecule has 1 unspecified atom stereocenters. The van der Waals surface area contributed by atoms with Gasteiger partial charge in [-0.1, -0.05) is 13.3 Å². The Bertz CT molecular complexity index is 214. The molecule has 0 aromatic rings. The Kier molecular flexibility index (Phi) is 5.81. The van der Waals surface area contributed by atoms with E-state index in [1.807, 2.05) is 4.90 Å². The Morgan fingerprint density at radius 2 is 2.19 bits per heavy atom. The molecule has 0 spiro atoms. The maximum atomic E-state index is 12.0. The topological polar surface area (TPSA) is 46.3 Å². The molecule has 0 aromatic heterocycles. The van der Waals surface area contributed by atoms with E-state index in [2.05, 4.69) is 13.8 Å². The summed E-state index contributed by atoms with van der Waals surface area (Å²) in [5.74, 6) is 1.55. The summed E-state index contributed by atoms with van der Waals surface area (Å²) < 4.78 is 0. The van der Waals surface area contributed by atoms with E-state index >= 15 is 0 Å². The largest absolute Gasteiger partial charge is 0.343 e. The minimum atomic E-state index is 0.315. The first-order chi connectivity index (χ1) is 7.67. The number of hydrogen-bond acceptors (Lipinski definition) is 2. The van der Waals surface area contributed by atoms with Crippen LogP contribution in [0.5, 0.6) is 0 Å². The fourth-order valence-corrected chi connectivity index (χ4v) is 2.04. The molecular formula is C13H26N2O. The van der Waals surface area contributed by atoms with Crippen LogP contribution in [-0.4, -0.2) is 30.4 Å². The van der Waals surface area contributed by atoms with Crippen molar-refractivity contribution in [2.24, 2.45) is 17.6 Å². The molecule has 1 saturated carbocycles. The molecular weight excluding hydrogens is 200 g/mol. The van der Waals surface area contributed by atoms with Crippen molar-refractivity contribution in [2.45, 2.75) is 46.0 Å². The van der Waals surface area contributed by atoms with E-state index in [1.165, 1.54) is 19.3 Å². The van der Waals surface area contributed by atoms with Gasteiger partial charge in [0.1, 0.15) is 0 Å². The minimum absolute atomic E-state index is 0.315. The number of amides is 1. The molecule has 2 N–H and O–H groups in total. The zero-order chi connectivity index (χ0) is 12.0. The van der Waals surface area contributed by atoms with Gasteiger partial charge in [-0.25, -0.2) is 0 Å². The minimum Gasteiger partial charge on any atom is -0.343 e. The monoisotopic (exact) mass is 226 g/mol. The van der Waals surface area contributed by atoms with Gasteiger partial charge in [-0.3, -0.25) is 4.79 Å². The second-order valence-electron chi connectivity index (χ2n) is 5.11. The Morgan fingerprint density at radius 1 is 1.50 bits per heavy atom. The molecule has 3 heteroatoms. The fourth-order valence-electron chi connectivity index (χ4n) is 2.04. The molecule has 0 aliphatic heterocycles. The van der Waals surface area contributed by atoms with Crippen LogP contribution in [0, 0.1) is 11.8 Å². The van der Waals surface area contributed by atoms with Crippen LogP contribution in [0.25, 0.3) is 0 Å². The molecule has 1 aliphatic rings. The van der Waals surface area contributed by atoms with E-state index in [0.717, 1.165) is 25.4 Å². The van der Waals surface area contributed by atoms with Crippen LogP contribution in [0.15, 0.2) is 0 Å². The molecule has 0 bridgehead atoms. The summed E-state index contributed by atoms with van der Waals surface area (Å²) in [5.41, 5.74) is 5.55. The van der Waals surface area contributed by atoms with Crippen molar-refractivity contribution < 1.29 is 4.79 Å². The van der Waals surface area contributed by atoms with Crippen LogP contribution in [-0.2, 0) is 4.79 Å². The molecule has 0 radical (unpaired) electrons. The number of nitrogens with two attached hydrogens (primary N) is 1. The Hall–Kier alpha value is -0.570. The van der Waals surface area contributed by atoms with Crippen LogP contribution in [0.4, 0.5) is 0 Å². The van der Waals surface area contributed by atoms with Crippen molar-refractivity contribution in [1.29, 1.82) is 0 Å². The van der Waals surface area contributed by atoms with E-state index in [1.54, 1.807) is 0 Å². The van der Waals surface area contributed by atoms with Gasteiger partial charge in [-0.2, -0.15) is 0 Å². The van der Waals surface area contributed by atoms with E-state index in [0.29, 0.717) is 24.8 Å². The van der Waals surface area contributed by atoms with Gasteiger partial charge in [0.2, 0.25) is 5.91 Å². The predicted molar refractivity (Wildman–Crippen MR) is 67.0 cm³/mol. The van der Waals surface area contributed by atoms with Gasteiger partial charge in [0.15, 0.2) is 0 Å². The van der Waals surface area contributed by atoms with Gasteiger partial charge >= 0.3 is 0 Å². The molecule has 0 heterocycles. The van der Waals surface area contributed by atoms with Gasteiger partial charge in [0, 0.05) is 19.5 Å². The van der Waals surface area contributed by atoms with Crippen molar-refractivity contribution in [2.75, 3.05) is 19.6 Å². The summed E-state index contributed by atoms with van der Waals surface area (Å²) in [6, 6.07) is 0. The summed E-state index contributed by atoms with van der Waals surface area (Å²) in [5, 5.41) is 0. The fraction of sp³-hybridized carbons (Fsp3) is 0.923. The second-order valence-corrected chi connectivity index (χ2v) is 5.11. The third-order valence-electron chi connectivity index (χ3n) is 3.69. The van der Waals surface area contributed by atoms with Crippen molar-refractivity contribution in [3.05, 3.63) is 0 Å². The highest BCUT2D eigenvalue weighted by Crippen LogP contribution is 2.27. The number of rotatable bonds is 7. The smallest absolute Gasteiger partial charge is 0.222 e. The SMILES string of the molecule is CCN(CC1CCC1)C(=O)CCC(C)CN. The maximum absolute atomic E-state index is 12.0. The summed E-state index contributed by atoms with van der Waals surface area (Å²) in [7, 11) is 0. The number of hydrogen-bond donors (Lipinski definition) is 1.